The molecule has 0 aliphatic rings. The number of nitrogens with two attached hydrogens (primary N) is 1. The summed E-state index contributed by atoms with van der Waals surface area (Å²) in [5.41, 5.74) is 6.11. The highest BCUT2D eigenvalue weighted by Gasteiger charge is 1.99. The van der Waals surface area contributed by atoms with Crippen molar-refractivity contribution in [1.82, 2.24) is 0 Å². The molecule has 0 radical (unpaired) electrons. The summed E-state index contributed by atoms with van der Waals surface area (Å²) in [4.78, 5) is 10.5. The second kappa shape index (κ2) is 2.56. The zero-order chi connectivity index (χ0) is 7.56. The highest BCUT2D eigenvalue weighted by atomic mass is 16.3. The zero-order valence-corrected chi connectivity index (χ0v) is 5.76. The number of rotatable bonds is 2. The van der Waals surface area contributed by atoms with Crippen LogP contribution in [-0.2, 0) is 11.2 Å². The minimum absolute atomic E-state index is 0.112. The highest BCUT2D eigenvalue weighted by Crippen LogP contribution is 2.09. The van der Waals surface area contributed by atoms with Crippen LogP contribution in [0, 0.1) is 0 Å². The number of furan rings is 1. The summed E-state index contributed by atoms with van der Waals surface area (Å²) in [6.07, 6.45) is 1.90. The summed E-state index contributed by atoms with van der Waals surface area (Å²) < 4.78 is 4.79. The average Bonchev–Trinajstić information content (AvgIpc) is 2.13. The maximum Gasteiger partial charge on any atom is 0.190 e. The normalized spacial score (nSPS) is 9.70. The molecule has 0 atom stereocenters. The summed E-state index contributed by atoms with van der Waals surface area (Å²) in [5.74, 6) is 0.469. The van der Waals surface area contributed by atoms with Crippen LogP contribution in [0.5, 0.6) is 0 Å². The van der Waals surface area contributed by atoms with Gasteiger partial charge < -0.3 is 10.2 Å². The van der Waals surface area contributed by atoms with Crippen LogP contribution in [0.15, 0.2) is 16.7 Å². The van der Waals surface area contributed by atoms with Gasteiger partial charge in [0, 0.05) is 12.5 Å². The minimum Gasteiger partial charge on any atom is -0.449 e. The summed E-state index contributed by atoms with van der Waals surface area (Å²) in [6.45, 7) is 1.53. The predicted molar refractivity (Wildman–Crippen MR) is 37.5 cm³/mol. The van der Waals surface area contributed by atoms with Gasteiger partial charge in [0.25, 0.3) is 0 Å². The number of ketones is 1. The van der Waals surface area contributed by atoms with E-state index < -0.39 is 0 Å². The molecular formula is C7H9NO2. The standard InChI is InChI=1S/C7H9NO2/c1-5(9)2-6-3-7(8)10-4-6/h3-4H,2,8H2,1H3. The van der Waals surface area contributed by atoms with Gasteiger partial charge in [0.1, 0.15) is 5.78 Å². The predicted octanol–water partition coefficient (Wildman–Crippen LogP) is 0.993. The fourth-order valence-electron chi connectivity index (χ4n) is 0.775. The van der Waals surface area contributed by atoms with Crippen molar-refractivity contribution >= 4 is 11.7 Å². The fraction of sp³-hybridized carbons (Fsp3) is 0.286. The number of carbonyl (C=O) groups is 1. The molecule has 0 aromatic carbocycles. The van der Waals surface area contributed by atoms with E-state index >= 15 is 0 Å². The average molecular weight is 139 g/mol. The molecule has 0 spiro atoms. The molecule has 0 fully saturated rings. The first-order valence-corrected chi connectivity index (χ1v) is 3.01. The summed E-state index contributed by atoms with van der Waals surface area (Å²) >= 11 is 0. The van der Waals surface area contributed by atoms with Crippen LogP contribution in [0.3, 0.4) is 0 Å². The Morgan fingerprint density at radius 1 is 1.80 bits per heavy atom. The Morgan fingerprint density at radius 2 is 2.50 bits per heavy atom. The number of nitrogen functional groups attached to an aromatic ring is 1. The van der Waals surface area contributed by atoms with Crippen molar-refractivity contribution in [2.75, 3.05) is 5.73 Å². The number of hydrogen-bond donors (Lipinski definition) is 1. The summed E-state index contributed by atoms with van der Waals surface area (Å²) in [7, 11) is 0. The molecule has 3 heteroatoms. The van der Waals surface area contributed by atoms with Crippen molar-refractivity contribution in [1.29, 1.82) is 0 Å². The summed E-state index contributed by atoms with van der Waals surface area (Å²) in [5, 5.41) is 0. The van der Waals surface area contributed by atoms with E-state index in [1.807, 2.05) is 0 Å². The first-order valence-electron chi connectivity index (χ1n) is 3.01. The molecule has 10 heavy (non-hydrogen) atoms. The summed E-state index contributed by atoms with van der Waals surface area (Å²) in [6, 6.07) is 1.65. The fourth-order valence-corrected chi connectivity index (χ4v) is 0.775. The Labute approximate surface area is 58.8 Å². The van der Waals surface area contributed by atoms with Crippen LogP contribution in [0.4, 0.5) is 5.88 Å². The van der Waals surface area contributed by atoms with E-state index in [0.717, 1.165) is 5.56 Å². The quantitative estimate of drug-likeness (QED) is 0.664. The second-order valence-corrected chi connectivity index (χ2v) is 2.24. The lowest BCUT2D eigenvalue weighted by Gasteiger charge is -1.85. The lowest BCUT2D eigenvalue weighted by Crippen LogP contribution is -1.93. The molecule has 1 aromatic heterocycles. The molecular weight excluding hydrogens is 130 g/mol. The molecule has 1 aromatic rings. The number of anilines is 1. The zero-order valence-electron chi connectivity index (χ0n) is 5.76. The van der Waals surface area contributed by atoms with Gasteiger partial charge in [-0.15, -0.1) is 0 Å². The SMILES string of the molecule is CC(=O)Cc1coc(N)c1. The van der Waals surface area contributed by atoms with E-state index in [-0.39, 0.29) is 5.78 Å². The molecule has 54 valence electrons. The van der Waals surface area contributed by atoms with Crippen molar-refractivity contribution < 1.29 is 9.21 Å². The van der Waals surface area contributed by atoms with Crippen LogP contribution < -0.4 is 5.73 Å². The molecule has 1 rings (SSSR count). The van der Waals surface area contributed by atoms with Crippen molar-refractivity contribution in [3.8, 4) is 0 Å². The third-order valence-electron chi connectivity index (χ3n) is 1.13. The van der Waals surface area contributed by atoms with Crippen molar-refractivity contribution in [3.63, 3.8) is 0 Å². The maximum absolute atomic E-state index is 10.5. The molecule has 0 unspecified atom stereocenters. The smallest absolute Gasteiger partial charge is 0.190 e. The monoisotopic (exact) mass is 139 g/mol. The molecule has 1 heterocycles. The van der Waals surface area contributed by atoms with E-state index in [1.165, 1.54) is 13.2 Å². The van der Waals surface area contributed by atoms with Crippen LogP contribution in [0.25, 0.3) is 0 Å². The second-order valence-electron chi connectivity index (χ2n) is 2.24. The van der Waals surface area contributed by atoms with Gasteiger partial charge in [0.05, 0.1) is 6.26 Å². The van der Waals surface area contributed by atoms with E-state index in [4.69, 9.17) is 10.2 Å². The first kappa shape index (κ1) is 6.86. The van der Waals surface area contributed by atoms with Crippen LogP contribution in [0.2, 0.25) is 0 Å². The molecule has 0 amide bonds. The number of carbonyl (C=O) groups excluding carboxylic acids is 1. The van der Waals surface area contributed by atoms with Crippen molar-refractivity contribution in [2.45, 2.75) is 13.3 Å². The lowest BCUT2D eigenvalue weighted by atomic mass is 10.2. The highest BCUT2D eigenvalue weighted by molar-refractivity contribution is 5.78. The first-order chi connectivity index (χ1) is 4.68. The Balaban J connectivity index is 2.67. The topological polar surface area (TPSA) is 56.2 Å². The van der Waals surface area contributed by atoms with E-state index in [1.54, 1.807) is 6.07 Å². The lowest BCUT2D eigenvalue weighted by molar-refractivity contribution is -0.116. The molecule has 2 N–H and O–H groups in total. The minimum atomic E-state index is 0.112. The number of hydrogen-bond acceptors (Lipinski definition) is 3. The van der Waals surface area contributed by atoms with Crippen LogP contribution in [0.1, 0.15) is 12.5 Å². The van der Waals surface area contributed by atoms with Gasteiger partial charge in [-0.25, -0.2) is 0 Å². The van der Waals surface area contributed by atoms with Crippen LogP contribution in [-0.4, -0.2) is 5.78 Å². The Morgan fingerprint density at radius 3 is 2.90 bits per heavy atom. The third kappa shape index (κ3) is 1.62. The Hall–Kier alpha value is -1.25. The molecule has 0 saturated carbocycles. The van der Waals surface area contributed by atoms with E-state index in [0.29, 0.717) is 12.3 Å². The molecule has 3 nitrogen and oxygen atoms in total. The van der Waals surface area contributed by atoms with Gasteiger partial charge in [0.2, 0.25) is 0 Å². The largest absolute Gasteiger partial charge is 0.449 e. The molecule has 0 bridgehead atoms. The van der Waals surface area contributed by atoms with Crippen molar-refractivity contribution in [2.24, 2.45) is 0 Å². The molecule has 0 aliphatic heterocycles. The Bertz CT molecular complexity index is 240. The van der Waals surface area contributed by atoms with Gasteiger partial charge in [-0.3, -0.25) is 4.79 Å². The molecule has 0 saturated heterocycles. The third-order valence-corrected chi connectivity index (χ3v) is 1.13. The molecule has 0 aliphatic carbocycles. The van der Waals surface area contributed by atoms with Crippen molar-refractivity contribution in [3.05, 3.63) is 17.9 Å². The van der Waals surface area contributed by atoms with Gasteiger partial charge in [0.15, 0.2) is 5.88 Å². The van der Waals surface area contributed by atoms with E-state index in [9.17, 15) is 4.79 Å². The maximum atomic E-state index is 10.5. The van der Waals surface area contributed by atoms with Crippen LogP contribution >= 0.6 is 0 Å². The van der Waals surface area contributed by atoms with Gasteiger partial charge in [-0.2, -0.15) is 0 Å². The van der Waals surface area contributed by atoms with Gasteiger partial charge in [-0.05, 0) is 12.5 Å². The van der Waals surface area contributed by atoms with E-state index in [2.05, 4.69) is 0 Å². The van der Waals surface area contributed by atoms with Gasteiger partial charge in [-0.1, -0.05) is 0 Å². The Kier molecular flexibility index (Phi) is 1.76. The van der Waals surface area contributed by atoms with Gasteiger partial charge >= 0.3 is 0 Å². The number of Topliss-reactive ketones (excluding diaryl/α,β-unsaturated/α-hetero) is 1.